The average Bonchev–Trinajstić information content (AvgIpc) is 2.02. The van der Waals surface area contributed by atoms with Crippen LogP contribution in [0.15, 0.2) is 0 Å². The van der Waals surface area contributed by atoms with Crippen molar-refractivity contribution in [2.45, 2.75) is 0 Å². The first-order valence-corrected chi connectivity index (χ1v) is 3.98. The second-order valence-electron chi connectivity index (χ2n) is 3.32. The number of nitrogens with zero attached hydrogens (tertiary/aromatic N) is 3. The van der Waals surface area contributed by atoms with Crippen LogP contribution >= 0.6 is 0 Å². The molecule has 0 aliphatic carbocycles. The van der Waals surface area contributed by atoms with Crippen molar-refractivity contribution in [3.8, 4) is 0 Å². The van der Waals surface area contributed by atoms with Gasteiger partial charge in [-0.2, -0.15) is 0 Å². The summed E-state index contributed by atoms with van der Waals surface area (Å²) in [5, 5.41) is 0. The molecule has 0 rings (SSSR count). The van der Waals surface area contributed by atoms with Crippen LogP contribution in [0.5, 0.6) is 0 Å². The fourth-order valence-corrected chi connectivity index (χ4v) is 0.753. The van der Waals surface area contributed by atoms with E-state index in [0.29, 0.717) is 0 Å². The lowest BCUT2D eigenvalue weighted by Gasteiger charge is -2.22. The molecule has 76 valence electrons. The highest BCUT2D eigenvalue weighted by molar-refractivity contribution is 5.83. The summed E-state index contributed by atoms with van der Waals surface area (Å²) in [6.07, 6.45) is 0. The van der Waals surface area contributed by atoms with Crippen molar-refractivity contribution in [1.82, 2.24) is 14.7 Å². The molecule has 13 heavy (non-hydrogen) atoms. The van der Waals surface area contributed by atoms with E-state index in [-0.39, 0.29) is 18.5 Å². The molecular weight excluding hydrogens is 170 g/mol. The SMILES string of the molecule is CN(C)C(=O)CN(C)C(=O)N(C)C. The highest BCUT2D eigenvalue weighted by atomic mass is 16.2. The van der Waals surface area contributed by atoms with Crippen LogP contribution in [0.1, 0.15) is 0 Å². The maximum absolute atomic E-state index is 11.3. The zero-order chi connectivity index (χ0) is 10.6. The van der Waals surface area contributed by atoms with Gasteiger partial charge in [-0.1, -0.05) is 0 Å². The van der Waals surface area contributed by atoms with E-state index in [1.165, 1.54) is 14.7 Å². The molecule has 0 unspecified atom stereocenters. The summed E-state index contributed by atoms with van der Waals surface area (Å²) in [5.41, 5.74) is 0. The minimum Gasteiger partial charge on any atom is -0.347 e. The molecule has 0 saturated heterocycles. The maximum Gasteiger partial charge on any atom is 0.319 e. The van der Waals surface area contributed by atoms with Crippen LogP contribution in [-0.2, 0) is 4.79 Å². The molecule has 0 aromatic rings. The number of likely N-dealkylation sites (N-methyl/N-ethyl adjacent to an activating group) is 2. The molecule has 0 fully saturated rings. The van der Waals surface area contributed by atoms with Crippen molar-refractivity contribution in [1.29, 1.82) is 0 Å². The van der Waals surface area contributed by atoms with E-state index >= 15 is 0 Å². The molecule has 0 aliphatic heterocycles. The van der Waals surface area contributed by atoms with Crippen LogP contribution in [0.3, 0.4) is 0 Å². The lowest BCUT2D eigenvalue weighted by atomic mass is 10.5. The first kappa shape index (κ1) is 11.7. The predicted octanol–water partition coefficient (Wildman–Crippen LogP) is -0.312. The zero-order valence-corrected chi connectivity index (χ0v) is 8.87. The van der Waals surface area contributed by atoms with Crippen LogP contribution < -0.4 is 0 Å². The van der Waals surface area contributed by atoms with Crippen molar-refractivity contribution in [2.24, 2.45) is 0 Å². The zero-order valence-electron chi connectivity index (χ0n) is 8.87. The largest absolute Gasteiger partial charge is 0.347 e. The standard InChI is InChI=1S/C8H17N3O2/c1-9(2)7(12)6-11(5)8(13)10(3)4/h6H2,1-5H3. The highest BCUT2D eigenvalue weighted by Crippen LogP contribution is 1.91. The second kappa shape index (κ2) is 4.69. The minimum absolute atomic E-state index is 0.0855. The summed E-state index contributed by atoms with van der Waals surface area (Å²) >= 11 is 0. The van der Waals surface area contributed by atoms with E-state index < -0.39 is 0 Å². The van der Waals surface area contributed by atoms with Crippen LogP contribution in [0, 0.1) is 0 Å². The Hall–Kier alpha value is -1.26. The van der Waals surface area contributed by atoms with Gasteiger partial charge in [0, 0.05) is 35.2 Å². The van der Waals surface area contributed by atoms with Gasteiger partial charge in [-0.15, -0.1) is 0 Å². The number of hydrogen-bond donors (Lipinski definition) is 0. The van der Waals surface area contributed by atoms with E-state index in [0.717, 1.165) is 0 Å². The number of urea groups is 1. The van der Waals surface area contributed by atoms with Gasteiger partial charge in [-0.25, -0.2) is 4.79 Å². The molecule has 0 bridgehead atoms. The summed E-state index contributed by atoms with van der Waals surface area (Å²) in [7, 11) is 8.23. The van der Waals surface area contributed by atoms with Crippen molar-refractivity contribution < 1.29 is 9.59 Å². The number of carbonyl (C=O) groups is 2. The minimum atomic E-state index is -0.171. The van der Waals surface area contributed by atoms with Gasteiger partial charge in [0.1, 0.15) is 6.54 Å². The Morgan fingerprint density at radius 1 is 0.923 bits per heavy atom. The molecule has 0 aromatic heterocycles. The van der Waals surface area contributed by atoms with Gasteiger partial charge in [0.05, 0.1) is 0 Å². The Labute approximate surface area is 78.9 Å². The van der Waals surface area contributed by atoms with Gasteiger partial charge in [0.25, 0.3) is 0 Å². The molecule has 0 aromatic carbocycles. The average molecular weight is 187 g/mol. The number of amides is 3. The molecule has 0 heterocycles. The Bertz CT molecular complexity index is 202. The topological polar surface area (TPSA) is 43.9 Å². The van der Waals surface area contributed by atoms with Crippen LogP contribution in [0.4, 0.5) is 4.79 Å². The quantitative estimate of drug-likeness (QED) is 0.595. The lowest BCUT2D eigenvalue weighted by Crippen LogP contribution is -2.42. The third-order valence-electron chi connectivity index (χ3n) is 1.58. The number of rotatable bonds is 2. The molecule has 0 spiro atoms. The molecule has 0 saturated carbocycles. The normalized spacial score (nSPS) is 9.31. The van der Waals surface area contributed by atoms with E-state index in [1.807, 2.05) is 0 Å². The van der Waals surface area contributed by atoms with Crippen molar-refractivity contribution in [3.63, 3.8) is 0 Å². The Morgan fingerprint density at radius 2 is 1.38 bits per heavy atom. The first-order valence-electron chi connectivity index (χ1n) is 3.98. The van der Waals surface area contributed by atoms with Crippen molar-refractivity contribution >= 4 is 11.9 Å². The van der Waals surface area contributed by atoms with Gasteiger partial charge in [0.15, 0.2) is 0 Å². The molecule has 0 N–H and O–H groups in total. The smallest absolute Gasteiger partial charge is 0.319 e. The van der Waals surface area contributed by atoms with E-state index in [2.05, 4.69) is 0 Å². The third kappa shape index (κ3) is 3.78. The molecule has 5 heteroatoms. The Morgan fingerprint density at radius 3 is 1.69 bits per heavy atom. The molecular formula is C8H17N3O2. The van der Waals surface area contributed by atoms with Crippen LogP contribution in [0.25, 0.3) is 0 Å². The summed E-state index contributed by atoms with van der Waals surface area (Å²) in [6, 6.07) is -0.171. The second-order valence-corrected chi connectivity index (χ2v) is 3.32. The fourth-order valence-electron chi connectivity index (χ4n) is 0.753. The third-order valence-corrected chi connectivity index (χ3v) is 1.58. The molecule has 0 aliphatic rings. The highest BCUT2D eigenvalue weighted by Gasteiger charge is 2.14. The Balaban J connectivity index is 4.08. The summed E-state index contributed by atoms with van der Waals surface area (Å²) in [4.78, 5) is 26.7. The van der Waals surface area contributed by atoms with Crippen molar-refractivity contribution in [2.75, 3.05) is 41.8 Å². The first-order chi connectivity index (χ1) is 5.86. The van der Waals surface area contributed by atoms with Crippen LogP contribution in [0.2, 0.25) is 0 Å². The monoisotopic (exact) mass is 187 g/mol. The van der Waals surface area contributed by atoms with Gasteiger partial charge < -0.3 is 14.7 Å². The van der Waals surface area contributed by atoms with E-state index in [1.54, 1.807) is 35.2 Å². The lowest BCUT2D eigenvalue weighted by molar-refractivity contribution is -0.129. The van der Waals surface area contributed by atoms with Crippen LogP contribution in [-0.4, -0.2) is 68.4 Å². The summed E-state index contributed by atoms with van der Waals surface area (Å²) < 4.78 is 0. The Kier molecular flexibility index (Phi) is 4.23. The van der Waals surface area contributed by atoms with E-state index in [4.69, 9.17) is 0 Å². The van der Waals surface area contributed by atoms with Gasteiger partial charge >= 0.3 is 6.03 Å². The molecule has 0 radical (unpaired) electrons. The summed E-state index contributed by atoms with van der Waals surface area (Å²) in [5.74, 6) is -0.0855. The van der Waals surface area contributed by atoms with Gasteiger partial charge in [-0.3, -0.25) is 4.79 Å². The van der Waals surface area contributed by atoms with E-state index in [9.17, 15) is 9.59 Å². The van der Waals surface area contributed by atoms with Crippen molar-refractivity contribution in [3.05, 3.63) is 0 Å². The predicted molar refractivity (Wildman–Crippen MR) is 50.4 cm³/mol. The molecule has 0 atom stereocenters. The number of hydrogen-bond acceptors (Lipinski definition) is 2. The molecule has 3 amide bonds. The summed E-state index contributed by atoms with van der Waals surface area (Å²) in [6.45, 7) is 0.115. The number of carbonyl (C=O) groups excluding carboxylic acids is 2. The maximum atomic E-state index is 11.3. The van der Waals surface area contributed by atoms with Gasteiger partial charge in [0.2, 0.25) is 5.91 Å². The van der Waals surface area contributed by atoms with Gasteiger partial charge in [-0.05, 0) is 0 Å². The fraction of sp³-hybridized carbons (Fsp3) is 0.750. The molecule has 5 nitrogen and oxygen atoms in total.